The van der Waals surface area contributed by atoms with Crippen LogP contribution in [-0.2, 0) is 4.74 Å². The minimum absolute atomic E-state index is 0.0805. The summed E-state index contributed by atoms with van der Waals surface area (Å²) in [6, 6.07) is 9.32. The molecule has 6 nitrogen and oxygen atoms in total. The molecule has 0 bridgehead atoms. The second kappa shape index (κ2) is 11.0. The summed E-state index contributed by atoms with van der Waals surface area (Å²) in [6.45, 7) is 10.7. The molecule has 2 rings (SSSR count). The normalized spacial score (nSPS) is 14.1. The van der Waals surface area contributed by atoms with Crippen LogP contribution in [0.4, 0.5) is 5.69 Å². The third-order valence-corrected chi connectivity index (χ3v) is 6.62. The number of hydrogen-bond acceptors (Lipinski definition) is 7. The molecule has 1 saturated heterocycles. The van der Waals surface area contributed by atoms with Crippen LogP contribution in [0.5, 0.6) is 0 Å². The number of Topliss-reactive ketones (excluding diaryl/α,β-unsaturated/α-hetero) is 1. The molecule has 0 aromatic carbocycles. The summed E-state index contributed by atoms with van der Waals surface area (Å²) in [5.41, 5.74) is 3.19. The maximum absolute atomic E-state index is 12.6. The highest BCUT2D eigenvalue weighted by Crippen LogP contribution is 2.25. The van der Waals surface area contributed by atoms with Gasteiger partial charge in [0, 0.05) is 66.9 Å². The van der Waals surface area contributed by atoms with Crippen molar-refractivity contribution >= 4 is 53.9 Å². The molecule has 0 amide bonds. The number of morpholine rings is 1. The first-order valence-electron chi connectivity index (χ1n) is 8.23. The van der Waals surface area contributed by atoms with E-state index in [0.29, 0.717) is 5.69 Å². The van der Waals surface area contributed by atoms with Crippen LogP contribution < -0.4 is 4.72 Å². The fourth-order valence-corrected chi connectivity index (χ4v) is 5.07. The largest absolute Gasteiger partial charge is 0.379 e. The second-order valence-corrected chi connectivity index (χ2v) is 8.40. The number of halogens is 1. The number of ketones is 1. The summed E-state index contributed by atoms with van der Waals surface area (Å²) in [5, 5.41) is 9.03. The molecule has 1 aliphatic rings. The zero-order chi connectivity index (χ0) is 19.8. The van der Waals surface area contributed by atoms with E-state index in [1.54, 1.807) is 22.2 Å². The molecule has 0 unspecified atom stereocenters. The lowest BCUT2D eigenvalue weighted by Gasteiger charge is -2.25. The molecule has 1 aromatic rings. The maximum Gasteiger partial charge on any atom is 0.220 e. The van der Waals surface area contributed by atoms with E-state index in [1.807, 2.05) is 38.1 Å². The topological polar surface area (TPSA) is 70.3 Å². The second-order valence-electron chi connectivity index (χ2n) is 5.81. The molecular formula is C18H21IN4O2S2. The summed E-state index contributed by atoms with van der Waals surface area (Å²) in [6.07, 6.45) is 0. The highest BCUT2D eigenvalue weighted by atomic mass is 127. The molecule has 2 heterocycles. The predicted molar refractivity (Wildman–Crippen MR) is 121 cm³/mol. The van der Waals surface area contributed by atoms with Crippen molar-refractivity contribution in [3.63, 3.8) is 0 Å². The van der Waals surface area contributed by atoms with Crippen LogP contribution in [0.25, 0.3) is 0 Å². The standard InChI is InChI=1S/C18H21IN4O2S2/c1-13-5-4-6-17(18(24)14(2)12-20)23(26-19)15(3)11-16(13)21-27-22-7-9-25-10-8-22/h4-6,11,21H,2,7-10H2,1,3H3. The van der Waals surface area contributed by atoms with Crippen LogP contribution in [0.3, 0.4) is 0 Å². The molecule has 9 heteroatoms. The van der Waals surface area contributed by atoms with Crippen molar-refractivity contribution in [1.29, 1.82) is 5.26 Å². The first-order chi connectivity index (χ1) is 13.0. The Kier molecular flexibility index (Phi) is 8.98. The molecule has 144 valence electrons. The number of ether oxygens (including phenoxy) is 1. The third kappa shape index (κ3) is 6.15. The monoisotopic (exact) mass is 516 g/mol. The fraction of sp³-hybridized carbons (Fsp3) is 0.333. The molecule has 0 saturated carbocycles. The van der Waals surface area contributed by atoms with Crippen LogP contribution >= 0.6 is 42.5 Å². The average Bonchev–Trinajstić information content (AvgIpc) is 2.74. The number of carbonyl (C=O) groups excluding carboxylic acids is 1. The number of nitriles is 1. The zero-order valence-corrected chi connectivity index (χ0v) is 19.0. The number of aryl methyl sites for hydroxylation is 2. The van der Waals surface area contributed by atoms with Gasteiger partial charge in [0.25, 0.3) is 0 Å². The Labute approximate surface area is 180 Å². The first-order valence-corrected chi connectivity index (χ1v) is 12.3. The van der Waals surface area contributed by atoms with E-state index in [0.717, 1.165) is 43.2 Å². The van der Waals surface area contributed by atoms with Gasteiger partial charge in [-0.1, -0.05) is 18.7 Å². The number of hydrogen-bond donors (Lipinski definition) is 1. The van der Waals surface area contributed by atoms with Crippen molar-refractivity contribution in [3.8, 4) is 6.07 Å². The van der Waals surface area contributed by atoms with Crippen molar-refractivity contribution < 1.29 is 9.53 Å². The van der Waals surface area contributed by atoms with E-state index in [2.05, 4.69) is 36.8 Å². The minimum atomic E-state index is -0.379. The number of anilines is 1. The van der Waals surface area contributed by atoms with E-state index >= 15 is 0 Å². The lowest BCUT2D eigenvalue weighted by atomic mass is 10.1. The van der Waals surface area contributed by atoms with Crippen LogP contribution in [-0.4, -0.2) is 40.4 Å². The van der Waals surface area contributed by atoms with Gasteiger partial charge in [-0.25, -0.2) is 4.31 Å². The van der Waals surface area contributed by atoms with Crippen molar-refractivity contribution in [1.82, 2.24) is 8.28 Å². The molecule has 1 aromatic heterocycles. The quantitative estimate of drug-likeness (QED) is 0.194. The number of nitrogens with zero attached hydrogens (tertiary/aromatic N) is 3. The van der Waals surface area contributed by atoms with Gasteiger partial charge in [0.05, 0.1) is 18.8 Å². The Balaban J connectivity index is 2.44. The van der Waals surface area contributed by atoms with Gasteiger partial charge in [0.15, 0.2) is 0 Å². The van der Waals surface area contributed by atoms with Crippen molar-refractivity contribution in [2.24, 2.45) is 0 Å². The van der Waals surface area contributed by atoms with E-state index in [9.17, 15) is 4.79 Å². The van der Waals surface area contributed by atoms with Gasteiger partial charge in [-0.3, -0.25) is 8.77 Å². The number of nitrogens with one attached hydrogen (secondary N) is 1. The average molecular weight is 516 g/mol. The number of aromatic nitrogens is 1. The number of allylic oxidation sites excluding steroid dienone is 1. The lowest BCUT2D eigenvalue weighted by Crippen LogP contribution is -2.32. The maximum atomic E-state index is 12.6. The van der Waals surface area contributed by atoms with E-state index in [-0.39, 0.29) is 11.4 Å². The van der Waals surface area contributed by atoms with E-state index in [1.165, 1.54) is 9.12 Å². The summed E-state index contributed by atoms with van der Waals surface area (Å²) in [7, 11) is 1.38. The van der Waals surface area contributed by atoms with Crippen LogP contribution in [0, 0.1) is 25.2 Å². The first kappa shape index (κ1) is 22.1. The highest BCUT2D eigenvalue weighted by molar-refractivity contribution is 14.2. The van der Waals surface area contributed by atoms with E-state index < -0.39 is 0 Å². The van der Waals surface area contributed by atoms with Crippen LogP contribution in [0.15, 0.2) is 36.4 Å². The van der Waals surface area contributed by atoms with E-state index in [4.69, 9.17) is 10.00 Å². The third-order valence-electron chi connectivity index (χ3n) is 3.88. The van der Waals surface area contributed by atoms with Gasteiger partial charge >= 0.3 is 0 Å². The molecule has 1 N–H and O–H groups in total. The lowest BCUT2D eigenvalue weighted by molar-refractivity contribution is 0.0775. The molecule has 1 fully saturated rings. The molecule has 0 aliphatic carbocycles. The Bertz CT molecular complexity index is 812. The van der Waals surface area contributed by atoms with Gasteiger partial charge in [0.2, 0.25) is 5.78 Å². The molecule has 0 atom stereocenters. The number of carbonyl (C=O) groups is 1. The Morgan fingerprint density at radius 3 is 2.70 bits per heavy atom. The van der Waals surface area contributed by atoms with Crippen molar-refractivity contribution in [2.75, 3.05) is 31.0 Å². The van der Waals surface area contributed by atoms with Crippen LogP contribution in [0.1, 0.15) is 21.7 Å². The summed E-state index contributed by atoms with van der Waals surface area (Å²) in [5.74, 6) is -0.379. The summed E-state index contributed by atoms with van der Waals surface area (Å²) < 4.78 is 12.8. The Morgan fingerprint density at radius 1 is 1.37 bits per heavy atom. The summed E-state index contributed by atoms with van der Waals surface area (Å²) >= 11 is 3.68. The molecule has 0 spiro atoms. The van der Waals surface area contributed by atoms with Crippen molar-refractivity contribution in [3.05, 3.63) is 53.4 Å². The van der Waals surface area contributed by atoms with Crippen molar-refractivity contribution in [2.45, 2.75) is 13.8 Å². The Hall–Kier alpha value is -1.19. The van der Waals surface area contributed by atoms with Gasteiger partial charge in [-0.15, -0.1) is 0 Å². The molecular weight excluding hydrogens is 495 g/mol. The van der Waals surface area contributed by atoms with Gasteiger partial charge in [-0.05, 0) is 31.5 Å². The van der Waals surface area contributed by atoms with Crippen LogP contribution in [0.2, 0.25) is 0 Å². The molecule has 27 heavy (non-hydrogen) atoms. The molecule has 1 aliphatic heterocycles. The Morgan fingerprint density at radius 2 is 2.07 bits per heavy atom. The predicted octanol–water partition coefficient (Wildman–Crippen LogP) is 4.65. The highest BCUT2D eigenvalue weighted by Gasteiger charge is 2.15. The van der Waals surface area contributed by atoms with Gasteiger partial charge in [-0.2, -0.15) is 5.26 Å². The van der Waals surface area contributed by atoms with Gasteiger partial charge in [0.1, 0.15) is 11.8 Å². The SMILES string of the molecule is C=C(C#N)C(=O)c1cccc(C)c(NSN2CCOCC2)cc(C)n1SI. The molecule has 0 radical (unpaired) electrons. The zero-order valence-electron chi connectivity index (χ0n) is 15.2. The smallest absolute Gasteiger partial charge is 0.220 e. The summed E-state index contributed by atoms with van der Waals surface area (Å²) in [4.78, 5) is 12.6. The number of rotatable bonds is 6. The minimum Gasteiger partial charge on any atom is -0.379 e. The van der Waals surface area contributed by atoms with Gasteiger partial charge < -0.3 is 9.46 Å². The fourth-order valence-electron chi connectivity index (χ4n) is 2.34.